The van der Waals surface area contributed by atoms with Gasteiger partial charge in [-0.05, 0) is 110 Å². The Kier molecular flexibility index (Phi) is 18.0. The van der Waals surface area contributed by atoms with Gasteiger partial charge in [-0.15, -0.1) is 0 Å². The van der Waals surface area contributed by atoms with E-state index in [1.807, 2.05) is 12.1 Å². The first-order valence-corrected chi connectivity index (χ1v) is 15.6. The summed E-state index contributed by atoms with van der Waals surface area (Å²) in [6.45, 7) is 1.36. The molecule has 4 rings (SSSR count). The predicted octanol–water partition coefficient (Wildman–Crippen LogP) is 3.86. The molecule has 0 radical (unpaired) electrons. The van der Waals surface area contributed by atoms with Gasteiger partial charge >= 0.3 is 49.9 Å². The zero-order valence-electron chi connectivity index (χ0n) is 25.1. The minimum atomic E-state index is -0.965. The molecule has 240 valence electrons. The van der Waals surface area contributed by atoms with Crippen molar-refractivity contribution in [2.24, 2.45) is 23.7 Å². The van der Waals surface area contributed by atoms with Gasteiger partial charge in [0.2, 0.25) is 0 Å². The van der Waals surface area contributed by atoms with E-state index in [-0.39, 0.29) is 62.8 Å². The zero-order chi connectivity index (χ0) is 31.9. The summed E-state index contributed by atoms with van der Waals surface area (Å²) >= 11 is 11.7. The van der Waals surface area contributed by atoms with E-state index in [4.69, 9.17) is 32.7 Å². The largest absolute Gasteiger partial charge is 2.00 e. The molecule has 10 nitrogen and oxygen atoms in total. The SMILES string of the molecule is O=C(NCC1CCC(C(=O)[O-])CC1)OCc1cccc(Cl)c1.O=C(NC[C@H]1CC[C@H](C(=O)[O-])CC1)OCc1cccc(Cl)c1.[Ca+2]. The van der Waals surface area contributed by atoms with Gasteiger partial charge in [-0.25, -0.2) is 9.59 Å². The normalized spacial score (nSPS) is 20.7. The van der Waals surface area contributed by atoms with Gasteiger partial charge in [-0.2, -0.15) is 0 Å². The van der Waals surface area contributed by atoms with Crippen molar-refractivity contribution in [3.05, 3.63) is 69.7 Å². The molecule has 0 spiro atoms. The Balaban J connectivity index is 0.000000307. The van der Waals surface area contributed by atoms with Crippen molar-refractivity contribution in [3.8, 4) is 0 Å². The van der Waals surface area contributed by atoms with Crippen LogP contribution in [0.2, 0.25) is 10.0 Å². The molecule has 2 aliphatic rings. The van der Waals surface area contributed by atoms with Gasteiger partial charge in [0.15, 0.2) is 0 Å². The average molecular weight is 690 g/mol. The number of amides is 2. The van der Waals surface area contributed by atoms with Crippen molar-refractivity contribution in [3.63, 3.8) is 0 Å². The van der Waals surface area contributed by atoms with Crippen LogP contribution in [0.3, 0.4) is 0 Å². The molecule has 2 aromatic carbocycles. The van der Waals surface area contributed by atoms with E-state index in [0.29, 0.717) is 60.7 Å². The maximum absolute atomic E-state index is 11.6. The molecule has 2 aromatic rings. The van der Waals surface area contributed by atoms with E-state index in [9.17, 15) is 29.4 Å². The van der Waals surface area contributed by atoms with Crippen molar-refractivity contribution in [1.82, 2.24) is 10.6 Å². The van der Waals surface area contributed by atoms with Crippen molar-refractivity contribution in [2.75, 3.05) is 13.1 Å². The van der Waals surface area contributed by atoms with Gasteiger partial charge in [0.1, 0.15) is 13.2 Å². The summed E-state index contributed by atoms with van der Waals surface area (Å²) in [6.07, 6.45) is 4.67. The maximum Gasteiger partial charge on any atom is 2.00 e. The number of aliphatic carboxylic acids is 2. The monoisotopic (exact) mass is 688 g/mol. The fourth-order valence-electron chi connectivity index (χ4n) is 5.31. The van der Waals surface area contributed by atoms with Crippen molar-refractivity contribution in [2.45, 2.75) is 64.6 Å². The van der Waals surface area contributed by atoms with Gasteiger partial charge in [-0.1, -0.05) is 47.5 Å². The van der Waals surface area contributed by atoms with Crippen LogP contribution in [0.25, 0.3) is 0 Å². The second-order valence-electron chi connectivity index (χ2n) is 11.2. The minimum Gasteiger partial charge on any atom is -0.550 e. The van der Waals surface area contributed by atoms with E-state index < -0.39 is 24.1 Å². The topological polar surface area (TPSA) is 157 Å². The molecule has 2 fully saturated rings. The molecular formula is C32H38CaCl2N2O8. The summed E-state index contributed by atoms with van der Waals surface area (Å²) in [5, 5.41) is 28.2. The molecule has 45 heavy (non-hydrogen) atoms. The zero-order valence-corrected chi connectivity index (χ0v) is 28.9. The van der Waals surface area contributed by atoms with Crippen LogP contribution in [0.15, 0.2) is 48.5 Å². The van der Waals surface area contributed by atoms with E-state index >= 15 is 0 Å². The Bertz CT molecular complexity index is 1160. The Labute approximate surface area is 303 Å². The third-order valence-electron chi connectivity index (χ3n) is 7.95. The minimum absolute atomic E-state index is 0. The number of rotatable bonds is 10. The summed E-state index contributed by atoms with van der Waals surface area (Å²) in [5.41, 5.74) is 1.66. The fraction of sp³-hybridized carbons (Fsp3) is 0.500. The molecule has 0 aliphatic heterocycles. The number of alkyl carbamates (subject to hydrolysis) is 2. The van der Waals surface area contributed by atoms with E-state index in [1.54, 1.807) is 36.4 Å². The second-order valence-corrected chi connectivity index (χ2v) is 12.1. The summed E-state index contributed by atoms with van der Waals surface area (Å²) in [4.78, 5) is 44.8. The number of halogens is 2. The molecular weight excluding hydrogens is 651 g/mol. The quantitative estimate of drug-likeness (QED) is 0.356. The standard InChI is InChI=1S/2C16H20ClNO4.Ca/c2*17-14-3-1-2-12(8-14)10-22-16(21)18-9-11-4-6-13(7-5-11)15(19)20;/h2*1-3,8,11,13H,4-7,9-10H2,(H,18,21)(H,19,20);/q;;+2/p-2/t11-,13-;;. The molecule has 0 atom stereocenters. The first-order chi connectivity index (χ1) is 21.1. The summed E-state index contributed by atoms with van der Waals surface area (Å²) in [7, 11) is 0. The van der Waals surface area contributed by atoms with Gasteiger partial charge < -0.3 is 39.9 Å². The number of ether oxygens (including phenoxy) is 2. The van der Waals surface area contributed by atoms with Crippen LogP contribution in [0.5, 0.6) is 0 Å². The number of carbonyl (C=O) groups excluding carboxylic acids is 4. The van der Waals surface area contributed by atoms with E-state index in [1.165, 1.54) is 0 Å². The van der Waals surface area contributed by atoms with Crippen molar-refractivity contribution in [1.29, 1.82) is 0 Å². The van der Waals surface area contributed by atoms with Crippen LogP contribution in [0, 0.1) is 23.7 Å². The van der Waals surface area contributed by atoms with E-state index in [0.717, 1.165) is 36.8 Å². The molecule has 0 aromatic heterocycles. The number of nitrogens with one attached hydrogen (secondary N) is 2. The number of benzene rings is 2. The molecule has 0 saturated heterocycles. The Hall–Kier alpha value is -2.24. The first-order valence-electron chi connectivity index (χ1n) is 14.8. The summed E-state index contributed by atoms with van der Waals surface area (Å²) < 4.78 is 10.2. The second kappa shape index (κ2) is 20.8. The molecule has 13 heteroatoms. The van der Waals surface area contributed by atoms with Crippen LogP contribution in [-0.2, 0) is 32.3 Å². The number of carbonyl (C=O) groups is 4. The van der Waals surface area contributed by atoms with Gasteiger partial charge in [0, 0.05) is 35.1 Å². The number of carboxylic acid groups (broad SMARTS) is 2. The summed E-state index contributed by atoms with van der Waals surface area (Å²) in [5.74, 6) is -2.01. The Morgan fingerprint density at radius 2 is 1.00 bits per heavy atom. The Morgan fingerprint density at radius 3 is 1.31 bits per heavy atom. The molecule has 2 aliphatic carbocycles. The molecule has 2 amide bonds. The Morgan fingerprint density at radius 1 is 0.644 bits per heavy atom. The van der Waals surface area contributed by atoms with Crippen LogP contribution in [0.1, 0.15) is 62.5 Å². The van der Waals surface area contributed by atoms with Crippen LogP contribution >= 0.6 is 23.2 Å². The van der Waals surface area contributed by atoms with Crippen LogP contribution < -0.4 is 20.8 Å². The van der Waals surface area contributed by atoms with Crippen LogP contribution in [0.4, 0.5) is 9.59 Å². The molecule has 2 N–H and O–H groups in total. The van der Waals surface area contributed by atoms with Crippen molar-refractivity contribution >= 4 is 85.1 Å². The van der Waals surface area contributed by atoms with Crippen molar-refractivity contribution < 1.29 is 38.9 Å². The third kappa shape index (κ3) is 15.3. The van der Waals surface area contributed by atoms with E-state index in [2.05, 4.69) is 10.6 Å². The number of hydrogen-bond donors (Lipinski definition) is 2. The first kappa shape index (κ1) is 38.9. The van der Waals surface area contributed by atoms with Gasteiger partial charge in [0.25, 0.3) is 0 Å². The molecule has 0 bridgehead atoms. The van der Waals surface area contributed by atoms with Gasteiger partial charge in [0.05, 0.1) is 0 Å². The average Bonchev–Trinajstić information content (AvgIpc) is 3.01. The summed E-state index contributed by atoms with van der Waals surface area (Å²) in [6, 6.07) is 14.3. The number of carboxylic acids is 2. The third-order valence-corrected chi connectivity index (χ3v) is 8.42. The smallest absolute Gasteiger partial charge is 0.550 e. The maximum atomic E-state index is 11.6. The fourth-order valence-corrected chi connectivity index (χ4v) is 5.74. The van der Waals surface area contributed by atoms with Gasteiger partial charge in [-0.3, -0.25) is 0 Å². The molecule has 2 saturated carbocycles. The molecule has 0 unspecified atom stereocenters. The molecule has 0 heterocycles. The van der Waals surface area contributed by atoms with Crippen LogP contribution in [-0.4, -0.2) is 75.0 Å². The predicted molar refractivity (Wildman–Crippen MR) is 166 cm³/mol. The number of hydrogen-bond acceptors (Lipinski definition) is 8.